The number of hydrogen-bond donors (Lipinski definition) is 1. The second-order valence-electron chi connectivity index (χ2n) is 6.69. The van der Waals surface area contributed by atoms with Crippen LogP contribution in [0, 0.1) is 0 Å². The molecular weight excluding hydrogens is 332 g/mol. The first-order valence-electron chi connectivity index (χ1n) is 8.57. The van der Waals surface area contributed by atoms with Crippen molar-refractivity contribution in [2.24, 2.45) is 4.99 Å². The minimum Gasteiger partial charge on any atom is -0.453 e. The zero-order chi connectivity index (χ0) is 19.0. The second-order valence-corrected chi connectivity index (χ2v) is 6.69. The van der Waals surface area contributed by atoms with Gasteiger partial charge in [-0.15, -0.1) is 0 Å². The molecule has 0 aromatic heterocycles. The molecule has 0 radical (unpaired) electrons. The molecule has 0 saturated heterocycles. The molecule has 0 bridgehead atoms. The van der Waals surface area contributed by atoms with Crippen LogP contribution in [0.3, 0.4) is 0 Å². The minimum atomic E-state index is -0.671. The molecule has 1 unspecified atom stereocenters. The van der Waals surface area contributed by atoms with Crippen molar-refractivity contribution in [1.82, 2.24) is 4.90 Å². The fraction of sp³-hybridized carbons (Fsp3) is 0.400. The van der Waals surface area contributed by atoms with Gasteiger partial charge >= 0.3 is 0 Å². The molecule has 1 N–H and O–H groups in total. The molecule has 1 amide bonds. The summed E-state index contributed by atoms with van der Waals surface area (Å²) in [6.45, 7) is 6.66. The Morgan fingerprint density at radius 3 is 2.73 bits per heavy atom. The number of aliphatic hydroxyl groups is 1. The molecule has 6 nitrogen and oxygen atoms in total. The van der Waals surface area contributed by atoms with Crippen LogP contribution in [-0.2, 0) is 4.74 Å². The van der Waals surface area contributed by atoms with E-state index in [2.05, 4.69) is 0 Å². The van der Waals surface area contributed by atoms with Gasteiger partial charge in [-0.3, -0.25) is 4.79 Å². The van der Waals surface area contributed by atoms with Gasteiger partial charge in [-0.05, 0) is 50.1 Å². The maximum Gasteiger partial charge on any atom is 0.253 e. The molecule has 1 atom stereocenters. The van der Waals surface area contributed by atoms with Crippen molar-refractivity contribution in [1.29, 1.82) is 0 Å². The Balaban J connectivity index is 1.96. The van der Waals surface area contributed by atoms with Crippen LogP contribution in [0.25, 0.3) is 0 Å². The Hall–Kier alpha value is -2.44. The van der Waals surface area contributed by atoms with Crippen LogP contribution >= 0.6 is 0 Å². The first-order valence-corrected chi connectivity index (χ1v) is 8.57. The molecule has 0 saturated carbocycles. The summed E-state index contributed by atoms with van der Waals surface area (Å²) in [5.74, 6) is 0.989. The van der Waals surface area contributed by atoms with Gasteiger partial charge in [-0.2, -0.15) is 0 Å². The summed E-state index contributed by atoms with van der Waals surface area (Å²) in [4.78, 5) is 18.9. The van der Waals surface area contributed by atoms with E-state index in [0.717, 1.165) is 22.4 Å². The first kappa shape index (κ1) is 18.4. The van der Waals surface area contributed by atoms with E-state index in [1.807, 2.05) is 20.8 Å². The number of likely N-dealkylation sites (N-methyl/N-ethyl adjacent to an activating group) is 1. The lowest BCUT2D eigenvalue weighted by atomic mass is 9.88. The summed E-state index contributed by atoms with van der Waals surface area (Å²) in [7, 11) is 3.34. The fourth-order valence-corrected chi connectivity index (χ4v) is 3.06. The molecule has 1 aromatic rings. The Morgan fingerprint density at radius 1 is 1.31 bits per heavy atom. The number of allylic oxidation sites excluding steroid dienone is 1. The smallest absolute Gasteiger partial charge is 0.253 e. The van der Waals surface area contributed by atoms with Crippen LogP contribution in [0.4, 0.5) is 5.69 Å². The molecule has 1 aliphatic heterocycles. The average Bonchev–Trinajstić information content (AvgIpc) is 2.66. The van der Waals surface area contributed by atoms with E-state index < -0.39 is 6.10 Å². The quantitative estimate of drug-likeness (QED) is 0.900. The van der Waals surface area contributed by atoms with Crippen LogP contribution in [0.2, 0.25) is 0 Å². The number of hydrogen-bond acceptors (Lipinski definition) is 5. The number of amides is 1. The van der Waals surface area contributed by atoms with Gasteiger partial charge in [0.15, 0.2) is 11.5 Å². The number of nitrogens with zero attached hydrogens (tertiary/aromatic N) is 2. The minimum absolute atomic E-state index is 0.107. The number of aliphatic hydroxyl groups excluding tert-OH is 1. The SMILES string of the molecule is COCCN(C)C(=O)c1ccc2c(c1)OC1=C(C)C(O)C(C)=C(C)C1=N2. The Morgan fingerprint density at radius 2 is 2.04 bits per heavy atom. The zero-order valence-electron chi connectivity index (χ0n) is 15.8. The number of ether oxygens (including phenoxy) is 2. The van der Waals surface area contributed by atoms with E-state index in [1.165, 1.54) is 0 Å². The van der Waals surface area contributed by atoms with Crippen molar-refractivity contribution >= 4 is 17.3 Å². The predicted molar refractivity (Wildman–Crippen MR) is 100 cm³/mol. The van der Waals surface area contributed by atoms with Gasteiger partial charge in [0, 0.05) is 31.8 Å². The Labute approximate surface area is 153 Å². The molecule has 1 aliphatic carbocycles. The van der Waals surface area contributed by atoms with E-state index in [0.29, 0.717) is 35.9 Å². The third-order valence-electron chi connectivity index (χ3n) is 4.97. The molecule has 2 aliphatic rings. The van der Waals surface area contributed by atoms with Gasteiger partial charge < -0.3 is 19.5 Å². The molecule has 1 aromatic carbocycles. The van der Waals surface area contributed by atoms with E-state index in [1.54, 1.807) is 37.3 Å². The standard InChI is InChI=1S/C20H24N2O4/c1-11-12(2)18(23)13(3)19-17(11)21-15-7-6-14(10-16(15)26-19)20(24)22(4)8-9-25-5/h6-7,10,18,23H,8-9H2,1-5H3. The average molecular weight is 356 g/mol. The zero-order valence-corrected chi connectivity index (χ0v) is 15.8. The predicted octanol–water partition coefficient (Wildman–Crippen LogP) is 2.85. The third kappa shape index (κ3) is 3.06. The summed E-state index contributed by atoms with van der Waals surface area (Å²) in [5, 5.41) is 10.4. The third-order valence-corrected chi connectivity index (χ3v) is 4.97. The van der Waals surface area contributed by atoms with Crippen molar-refractivity contribution in [3.05, 3.63) is 46.2 Å². The van der Waals surface area contributed by atoms with Crippen LogP contribution in [0.5, 0.6) is 5.75 Å². The first-order chi connectivity index (χ1) is 12.3. The summed E-state index contributed by atoms with van der Waals surface area (Å²) >= 11 is 0. The van der Waals surface area contributed by atoms with Crippen LogP contribution < -0.4 is 4.74 Å². The van der Waals surface area contributed by atoms with E-state index in [4.69, 9.17) is 14.5 Å². The number of benzene rings is 1. The summed E-state index contributed by atoms with van der Waals surface area (Å²) < 4.78 is 11.1. The highest BCUT2D eigenvalue weighted by atomic mass is 16.5. The molecule has 0 fully saturated rings. The van der Waals surface area contributed by atoms with Gasteiger partial charge in [0.1, 0.15) is 17.5 Å². The van der Waals surface area contributed by atoms with E-state index in [9.17, 15) is 9.90 Å². The lowest BCUT2D eigenvalue weighted by Gasteiger charge is -2.30. The van der Waals surface area contributed by atoms with Gasteiger partial charge in [0.2, 0.25) is 0 Å². The normalized spacial score (nSPS) is 18.8. The lowest BCUT2D eigenvalue weighted by molar-refractivity contribution is 0.0744. The number of carbonyl (C=O) groups excluding carboxylic acids is 1. The lowest BCUT2D eigenvalue weighted by Crippen LogP contribution is -2.30. The number of carbonyl (C=O) groups is 1. The molecule has 0 spiro atoms. The number of methoxy groups -OCH3 is 1. The molecule has 26 heavy (non-hydrogen) atoms. The maximum absolute atomic E-state index is 12.6. The summed E-state index contributed by atoms with van der Waals surface area (Å²) in [6, 6.07) is 5.25. The second kappa shape index (κ2) is 7.05. The molecule has 3 rings (SSSR count). The Bertz CT molecular complexity index is 851. The summed E-state index contributed by atoms with van der Waals surface area (Å²) in [6.07, 6.45) is -0.671. The maximum atomic E-state index is 12.6. The highest BCUT2D eigenvalue weighted by Crippen LogP contribution is 2.40. The van der Waals surface area contributed by atoms with Gasteiger partial charge in [0.25, 0.3) is 5.91 Å². The molecule has 1 heterocycles. The van der Waals surface area contributed by atoms with E-state index >= 15 is 0 Å². The molecule has 6 heteroatoms. The number of aliphatic imine (C=N–C) groups is 1. The fourth-order valence-electron chi connectivity index (χ4n) is 3.06. The number of fused-ring (bicyclic) bond motifs is 2. The Kier molecular flexibility index (Phi) is 4.98. The van der Waals surface area contributed by atoms with Crippen LogP contribution in [-0.4, -0.2) is 55.0 Å². The highest BCUT2D eigenvalue weighted by Gasteiger charge is 2.31. The summed E-state index contributed by atoms with van der Waals surface area (Å²) in [5.41, 5.74) is 4.47. The van der Waals surface area contributed by atoms with Crippen molar-refractivity contribution < 1.29 is 19.4 Å². The molecule has 138 valence electrons. The largest absolute Gasteiger partial charge is 0.453 e. The van der Waals surface area contributed by atoms with Crippen molar-refractivity contribution in [2.45, 2.75) is 26.9 Å². The highest BCUT2D eigenvalue weighted by molar-refractivity contribution is 6.15. The monoisotopic (exact) mass is 356 g/mol. The topological polar surface area (TPSA) is 71.4 Å². The molecular formula is C20H24N2O4. The van der Waals surface area contributed by atoms with Crippen LogP contribution in [0.1, 0.15) is 31.1 Å². The van der Waals surface area contributed by atoms with E-state index in [-0.39, 0.29) is 5.91 Å². The van der Waals surface area contributed by atoms with Crippen molar-refractivity contribution in [3.8, 4) is 5.75 Å². The van der Waals surface area contributed by atoms with Gasteiger partial charge in [-0.1, -0.05) is 0 Å². The van der Waals surface area contributed by atoms with Gasteiger partial charge in [0.05, 0.1) is 6.61 Å². The number of rotatable bonds is 4. The van der Waals surface area contributed by atoms with Gasteiger partial charge in [-0.25, -0.2) is 4.99 Å². The van der Waals surface area contributed by atoms with Crippen LogP contribution in [0.15, 0.2) is 45.7 Å². The van der Waals surface area contributed by atoms with Crippen molar-refractivity contribution in [2.75, 3.05) is 27.3 Å². The van der Waals surface area contributed by atoms with Crippen molar-refractivity contribution in [3.63, 3.8) is 0 Å².